The first-order valence-electron chi connectivity index (χ1n) is 6.17. The van der Waals surface area contributed by atoms with E-state index in [4.69, 9.17) is 14.6 Å². The van der Waals surface area contributed by atoms with Crippen LogP contribution in [0.3, 0.4) is 0 Å². The maximum Gasteiger partial charge on any atom is 0.157 e. The van der Waals surface area contributed by atoms with Gasteiger partial charge in [0.15, 0.2) is 6.29 Å². The Hall–Kier alpha value is -0.120. The molecule has 0 spiro atoms. The molecule has 3 nitrogen and oxygen atoms in total. The van der Waals surface area contributed by atoms with E-state index in [-0.39, 0.29) is 6.29 Å². The normalized spacial score (nSPS) is 24.0. The van der Waals surface area contributed by atoms with Crippen molar-refractivity contribution in [2.75, 3.05) is 19.8 Å². The van der Waals surface area contributed by atoms with E-state index in [1.165, 1.54) is 12.8 Å². The number of rotatable bonds is 7. The number of ether oxygens (including phenoxy) is 2. The van der Waals surface area contributed by atoms with Gasteiger partial charge in [0.2, 0.25) is 0 Å². The molecule has 0 aromatic rings. The first kappa shape index (κ1) is 12.9. The molecule has 1 fully saturated rings. The van der Waals surface area contributed by atoms with Crippen LogP contribution in [0, 0.1) is 5.92 Å². The SMILES string of the molecule is CC(CO)CCCCOC1CCCCO1. The Balaban J connectivity index is 1.87. The van der Waals surface area contributed by atoms with Crippen LogP contribution in [-0.2, 0) is 9.47 Å². The average Bonchev–Trinajstić information content (AvgIpc) is 2.29. The second-order valence-electron chi connectivity index (χ2n) is 4.45. The molecule has 0 radical (unpaired) electrons. The van der Waals surface area contributed by atoms with Crippen LogP contribution >= 0.6 is 0 Å². The Kier molecular flexibility index (Phi) is 6.98. The molecule has 0 aliphatic carbocycles. The largest absolute Gasteiger partial charge is 0.396 e. The zero-order chi connectivity index (χ0) is 10.9. The second kappa shape index (κ2) is 8.08. The van der Waals surface area contributed by atoms with Crippen LogP contribution in [0.15, 0.2) is 0 Å². The van der Waals surface area contributed by atoms with Crippen LogP contribution in [0.5, 0.6) is 0 Å². The van der Waals surface area contributed by atoms with Crippen molar-refractivity contribution in [1.82, 2.24) is 0 Å². The van der Waals surface area contributed by atoms with Crippen LogP contribution < -0.4 is 0 Å². The summed E-state index contributed by atoms with van der Waals surface area (Å²) in [5, 5.41) is 8.84. The van der Waals surface area contributed by atoms with Gasteiger partial charge in [-0.15, -0.1) is 0 Å². The lowest BCUT2D eigenvalue weighted by Crippen LogP contribution is -2.22. The van der Waals surface area contributed by atoms with Gasteiger partial charge in [0, 0.05) is 19.8 Å². The molecular formula is C12H24O3. The molecular weight excluding hydrogens is 192 g/mol. The predicted octanol–water partition coefficient (Wildman–Crippen LogP) is 2.33. The third-order valence-electron chi connectivity index (χ3n) is 2.84. The summed E-state index contributed by atoms with van der Waals surface area (Å²) in [5.74, 6) is 0.427. The van der Waals surface area contributed by atoms with Gasteiger partial charge >= 0.3 is 0 Å². The lowest BCUT2D eigenvalue weighted by Gasteiger charge is -2.22. The summed E-state index contributed by atoms with van der Waals surface area (Å²) < 4.78 is 11.1. The zero-order valence-corrected chi connectivity index (χ0v) is 9.78. The molecule has 0 aromatic carbocycles. The number of hydrogen-bond donors (Lipinski definition) is 1. The molecule has 1 aliphatic rings. The smallest absolute Gasteiger partial charge is 0.157 e. The highest BCUT2D eigenvalue weighted by Gasteiger charge is 2.13. The summed E-state index contributed by atoms with van der Waals surface area (Å²) in [7, 11) is 0. The maximum atomic E-state index is 8.84. The summed E-state index contributed by atoms with van der Waals surface area (Å²) in [6.07, 6.45) is 6.80. The average molecular weight is 216 g/mol. The highest BCUT2D eigenvalue weighted by molar-refractivity contribution is 4.55. The fraction of sp³-hybridized carbons (Fsp3) is 1.00. The summed E-state index contributed by atoms with van der Waals surface area (Å²) in [6, 6.07) is 0. The lowest BCUT2D eigenvalue weighted by atomic mass is 10.1. The van der Waals surface area contributed by atoms with E-state index < -0.39 is 0 Å². The highest BCUT2D eigenvalue weighted by atomic mass is 16.7. The monoisotopic (exact) mass is 216 g/mol. The van der Waals surface area contributed by atoms with Gasteiger partial charge in [0.1, 0.15) is 0 Å². The minimum Gasteiger partial charge on any atom is -0.396 e. The van der Waals surface area contributed by atoms with E-state index in [1.54, 1.807) is 0 Å². The van der Waals surface area contributed by atoms with Crippen LogP contribution in [0.25, 0.3) is 0 Å². The van der Waals surface area contributed by atoms with E-state index in [0.29, 0.717) is 12.5 Å². The summed E-state index contributed by atoms with van der Waals surface area (Å²) in [6.45, 7) is 4.02. The Morgan fingerprint density at radius 3 is 2.93 bits per heavy atom. The van der Waals surface area contributed by atoms with E-state index in [1.807, 2.05) is 0 Å². The predicted molar refractivity (Wildman–Crippen MR) is 59.6 cm³/mol. The molecule has 0 bridgehead atoms. The highest BCUT2D eigenvalue weighted by Crippen LogP contribution is 2.14. The first-order chi connectivity index (χ1) is 7.33. The molecule has 1 N–H and O–H groups in total. The van der Waals surface area contributed by atoms with Gasteiger partial charge < -0.3 is 14.6 Å². The van der Waals surface area contributed by atoms with Crippen LogP contribution in [0.2, 0.25) is 0 Å². The van der Waals surface area contributed by atoms with Gasteiger partial charge in [-0.25, -0.2) is 0 Å². The van der Waals surface area contributed by atoms with E-state index in [0.717, 1.165) is 38.9 Å². The molecule has 0 aromatic heterocycles. The minimum atomic E-state index is 0.0500. The Labute approximate surface area is 92.8 Å². The van der Waals surface area contributed by atoms with Crippen molar-refractivity contribution in [2.45, 2.75) is 51.7 Å². The molecule has 1 heterocycles. The van der Waals surface area contributed by atoms with Gasteiger partial charge in [-0.3, -0.25) is 0 Å². The molecule has 0 amide bonds. The van der Waals surface area contributed by atoms with Crippen molar-refractivity contribution in [1.29, 1.82) is 0 Å². The topological polar surface area (TPSA) is 38.7 Å². The summed E-state index contributed by atoms with van der Waals surface area (Å²) >= 11 is 0. The second-order valence-corrected chi connectivity index (χ2v) is 4.45. The Bertz CT molecular complexity index is 144. The fourth-order valence-electron chi connectivity index (χ4n) is 1.74. The number of aliphatic hydroxyl groups excluding tert-OH is 1. The Morgan fingerprint density at radius 1 is 1.40 bits per heavy atom. The van der Waals surface area contributed by atoms with Gasteiger partial charge in [0.25, 0.3) is 0 Å². The van der Waals surface area contributed by atoms with Crippen molar-refractivity contribution in [3.8, 4) is 0 Å². The zero-order valence-electron chi connectivity index (χ0n) is 9.78. The molecule has 15 heavy (non-hydrogen) atoms. The summed E-state index contributed by atoms with van der Waals surface area (Å²) in [4.78, 5) is 0. The van der Waals surface area contributed by atoms with Crippen molar-refractivity contribution >= 4 is 0 Å². The summed E-state index contributed by atoms with van der Waals surface area (Å²) in [5.41, 5.74) is 0. The lowest BCUT2D eigenvalue weighted by molar-refractivity contribution is -0.162. The van der Waals surface area contributed by atoms with Crippen molar-refractivity contribution < 1.29 is 14.6 Å². The molecule has 0 saturated carbocycles. The molecule has 2 atom stereocenters. The third-order valence-corrected chi connectivity index (χ3v) is 2.84. The van der Waals surface area contributed by atoms with Gasteiger partial charge in [-0.05, 0) is 38.0 Å². The standard InChI is InChI=1S/C12H24O3/c1-11(10-13)6-2-4-8-14-12-7-3-5-9-15-12/h11-13H,2-10H2,1H3. The van der Waals surface area contributed by atoms with E-state index in [2.05, 4.69) is 6.92 Å². The third kappa shape index (κ3) is 6.13. The fourth-order valence-corrected chi connectivity index (χ4v) is 1.74. The molecule has 1 aliphatic heterocycles. The van der Waals surface area contributed by atoms with Crippen LogP contribution in [0.4, 0.5) is 0 Å². The van der Waals surface area contributed by atoms with Crippen molar-refractivity contribution in [3.05, 3.63) is 0 Å². The number of hydrogen-bond acceptors (Lipinski definition) is 3. The number of aliphatic hydroxyl groups is 1. The minimum absolute atomic E-state index is 0.0500. The van der Waals surface area contributed by atoms with Gasteiger partial charge in [0.05, 0.1) is 0 Å². The van der Waals surface area contributed by atoms with Gasteiger partial charge in [-0.1, -0.05) is 13.3 Å². The molecule has 3 heteroatoms. The Morgan fingerprint density at radius 2 is 2.27 bits per heavy atom. The van der Waals surface area contributed by atoms with E-state index in [9.17, 15) is 0 Å². The quantitative estimate of drug-likeness (QED) is 0.664. The molecule has 1 rings (SSSR count). The van der Waals surface area contributed by atoms with Crippen LogP contribution in [-0.4, -0.2) is 31.2 Å². The van der Waals surface area contributed by atoms with Crippen LogP contribution in [0.1, 0.15) is 45.4 Å². The molecule has 90 valence electrons. The maximum absolute atomic E-state index is 8.84. The van der Waals surface area contributed by atoms with Gasteiger partial charge in [-0.2, -0.15) is 0 Å². The number of unbranched alkanes of at least 4 members (excludes halogenated alkanes) is 1. The molecule has 1 saturated heterocycles. The van der Waals surface area contributed by atoms with Crippen molar-refractivity contribution in [2.24, 2.45) is 5.92 Å². The van der Waals surface area contributed by atoms with Crippen molar-refractivity contribution in [3.63, 3.8) is 0 Å². The molecule has 2 unspecified atom stereocenters. The first-order valence-corrected chi connectivity index (χ1v) is 6.17. The van der Waals surface area contributed by atoms with E-state index >= 15 is 0 Å².